The monoisotopic (exact) mass is 191 g/mol. The molecule has 0 aliphatic carbocycles. The molecule has 1 heterocycles. The number of nitrogens with zero attached hydrogens (tertiary/aromatic N) is 3. The average molecular weight is 191 g/mol. The fourth-order valence-corrected chi connectivity index (χ4v) is 1.19. The maximum Gasteiger partial charge on any atom is 0.147 e. The molecule has 1 aromatic heterocycles. The molecule has 0 radical (unpaired) electrons. The topological polar surface area (TPSA) is 30.7 Å². The molecule has 0 saturated carbocycles. The second-order valence-corrected chi connectivity index (χ2v) is 3.17. The van der Waals surface area contributed by atoms with E-state index < -0.39 is 0 Å². The van der Waals surface area contributed by atoms with E-state index in [4.69, 9.17) is 0 Å². The van der Waals surface area contributed by atoms with Gasteiger partial charge in [-0.05, 0) is 31.5 Å². The summed E-state index contributed by atoms with van der Waals surface area (Å²) in [4.78, 5) is 3.97. The van der Waals surface area contributed by atoms with Crippen LogP contribution < -0.4 is 0 Å². The molecule has 2 aromatic rings. The summed E-state index contributed by atoms with van der Waals surface area (Å²) in [7, 11) is 0. The molecular formula is C10H10FN3. The van der Waals surface area contributed by atoms with Crippen LogP contribution in [0.15, 0.2) is 24.5 Å². The smallest absolute Gasteiger partial charge is 0.147 e. The molecule has 0 bridgehead atoms. The fourth-order valence-electron chi connectivity index (χ4n) is 1.19. The van der Waals surface area contributed by atoms with Gasteiger partial charge in [0.2, 0.25) is 0 Å². The van der Waals surface area contributed by atoms with E-state index in [1.165, 1.54) is 6.07 Å². The Morgan fingerprint density at radius 3 is 2.64 bits per heavy atom. The third-order valence-electron chi connectivity index (χ3n) is 2.03. The minimum Gasteiger partial charge on any atom is -0.221 e. The Morgan fingerprint density at radius 1 is 1.29 bits per heavy atom. The molecule has 2 rings (SSSR count). The molecule has 14 heavy (non-hydrogen) atoms. The van der Waals surface area contributed by atoms with Crippen LogP contribution in [0.2, 0.25) is 0 Å². The third kappa shape index (κ3) is 1.51. The van der Waals surface area contributed by atoms with Crippen molar-refractivity contribution in [1.82, 2.24) is 14.8 Å². The summed E-state index contributed by atoms with van der Waals surface area (Å²) >= 11 is 0. The summed E-state index contributed by atoms with van der Waals surface area (Å²) in [6.45, 7) is 3.52. The van der Waals surface area contributed by atoms with Gasteiger partial charge in [-0.2, -0.15) is 5.10 Å². The van der Waals surface area contributed by atoms with E-state index in [1.807, 2.05) is 6.07 Å². The van der Waals surface area contributed by atoms with Gasteiger partial charge in [0, 0.05) is 0 Å². The molecule has 4 heteroatoms. The first-order valence-electron chi connectivity index (χ1n) is 4.31. The van der Waals surface area contributed by atoms with Crippen LogP contribution in [0.1, 0.15) is 11.4 Å². The minimum absolute atomic E-state index is 0.226. The van der Waals surface area contributed by atoms with Crippen LogP contribution in [-0.2, 0) is 0 Å². The number of hydrogen-bond acceptors (Lipinski definition) is 2. The standard InChI is InChI=1S/C10H10FN3/c1-7-3-4-9(5-10(7)11)14-6-12-8(2)13-14/h3-6H,1-2H3. The van der Waals surface area contributed by atoms with Crippen LogP contribution in [0, 0.1) is 19.7 Å². The number of benzene rings is 1. The van der Waals surface area contributed by atoms with E-state index in [-0.39, 0.29) is 5.82 Å². The summed E-state index contributed by atoms with van der Waals surface area (Å²) in [5.74, 6) is 0.446. The van der Waals surface area contributed by atoms with Gasteiger partial charge >= 0.3 is 0 Å². The van der Waals surface area contributed by atoms with Crippen molar-refractivity contribution < 1.29 is 4.39 Å². The molecule has 0 fully saturated rings. The first-order valence-corrected chi connectivity index (χ1v) is 4.31. The lowest BCUT2D eigenvalue weighted by atomic mass is 10.2. The van der Waals surface area contributed by atoms with E-state index in [0.717, 1.165) is 0 Å². The molecule has 0 amide bonds. The Morgan fingerprint density at radius 2 is 2.07 bits per heavy atom. The van der Waals surface area contributed by atoms with Crippen LogP contribution in [0.3, 0.4) is 0 Å². The number of halogens is 1. The van der Waals surface area contributed by atoms with Gasteiger partial charge in [0.05, 0.1) is 5.69 Å². The second kappa shape index (κ2) is 3.21. The Hall–Kier alpha value is -1.71. The normalized spacial score (nSPS) is 10.5. The molecular weight excluding hydrogens is 181 g/mol. The molecule has 0 aliphatic rings. The van der Waals surface area contributed by atoms with E-state index in [2.05, 4.69) is 10.1 Å². The molecule has 1 aromatic carbocycles. The van der Waals surface area contributed by atoms with Crippen LogP contribution in [0.5, 0.6) is 0 Å². The van der Waals surface area contributed by atoms with Crippen molar-refractivity contribution in [3.05, 3.63) is 41.7 Å². The van der Waals surface area contributed by atoms with Gasteiger partial charge in [0.1, 0.15) is 18.0 Å². The van der Waals surface area contributed by atoms with E-state index in [9.17, 15) is 4.39 Å². The van der Waals surface area contributed by atoms with Crippen molar-refractivity contribution in [1.29, 1.82) is 0 Å². The van der Waals surface area contributed by atoms with Gasteiger partial charge in [0.15, 0.2) is 0 Å². The number of aromatic nitrogens is 3. The fraction of sp³-hybridized carbons (Fsp3) is 0.200. The quantitative estimate of drug-likeness (QED) is 0.690. The largest absolute Gasteiger partial charge is 0.221 e. The van der Waals surface area contributed by atoms with Crippen LogP contribution >= 0.6 is 0 Å². The summed E-state index contributed by atoms with van der Waals surface area (Å²) < 4.78 is 14.8. The first kappa shape index (κ1) is 8.87. The summed E-state index contributed by atoms with van der Waals surface area (Å²) in [5, 5.41) is 4.09. The van der Waals surface area contributed by atoms with Gasteiger partial charge in [-0.25, -0.2) is 14.1 Å². The SMILES string of the molecule is Cc1ncn(-c2ccc(C)c(F)c2)n1. The predicted octanol–water partition coefficient (Wildman–Crippen LogP) is 2.02. The van der Waals surface area contributed by atoms with Crippen molar-refractivity contribution in [3.63, 3.8) is 0 Å². The van der Waals surface area contributed by atoms with E-state index in [0.29, 0.717) is 17.1 Å². The minimum atomic E-state index is -0.226. The zero-order valence-electron chi connectivity index (χ0n) is 8.03. The number of aryl methyl sites for hydroxylation is 2. The third-order valence-corrected chi connectivity index (χ3v) is 2.03. The summed E-state index contributed by atoms with van der Waals surface area (Å²) in [6.07, 6.45) is 1.57. The Balaban J connectivity index is 2.47. The number of hydrogen-bond donors (Lipinski definition) is 0. The number of rotatable bonds is 1. The van der Waals surface area contributed by atoms with E-state index in [1.54, 1.807) is 30.9 Å². The van der Waals surface area contributed by atoms with Gasteiger partial charge in [-0.15, -0.1) is 0 Å². The van der Waals surface area contributed by atoms with Crippen molar-refractivity contribution in [2.24, 2.45) is 0 Å². The Bertz CT molecular complexity index is 462. The molecule has 0 saturated heterocycles. The highest BCUT2D eigenvalue weighted by atomic mass is 19.1. The van der Waals surface area contributed by atoms with Gasteiger partial charge in [0.25, 0.3) is 0 Å². The van der Waals surface area contributed by atoms with Crippen LogP contribution in [-0.4, -0.2) is 14.8 Å². The highest BCUT2D eigenvalue weighted by molar-refractivity contribution is 5.34. The lowest BCUT2D eigenvalue weighted by molar-refractivity contribution is 0.616. The summed E-state index contributed by atoms with van der Waals surface area (Å²) in [6, 6.07) is 4.98. The maximum absolute atomic E-state index is 13.2. The maximum atomic E-state index is 13.2. The Kier molecular flexibility index (Phi) is 2.04. The van der Waals surface area contributed by atoms with Gasteiger partial charge in [-0.3, -0.25) is 0 Å². The van der Waals surface area contributed by atoms with Gasteiger partial charge in [-0.1, -0.05) is 6.07 Å². The van der Waals surface area contributed by atoms with Crippen LogP contribution in [0.4, 0.5) is 4.39 Å². The summed E-state index contributed by atoms with van der Waals surface area (Å²) in [5.41, 5.74) is 1.32. The zero-order chi connectivity index (χ0) is 10.1. The highest BCUT2D eigenvalue weighted by Crippen LogP contribution is 2.12. The molecule has 0 unspecified atom stereocenters. The predicted molar refractivity (Wildman–Crippen MR) is 50.8 cm³/mol. The second-order valence-electron chi connectivity index (χ2n) is 3.17. The Labute approximate surface area is 81.2 Å². The van der Waals surface area contributed by atoms with Crippen molar-refractivity contribution in [2.45, 2.75) is 13.8 Å². The molecule has 3 nitrogen and oxygen atoms in total. The van der Waals surface area contributed by atoms with Crippen LogP contribution in [0.25, 0.3) is 5.69 Å². The molecule has 72 valence electrons. The zero-order valence-corrected chi connectivity index (χ0v) is 8.03. The lowest BCUT2D eigenvalue weighted by Gasteiger charge is -2.01. The molecule has 0 N–H and O–H groups in total. The van der Waals surface area contributed by atoms with E-state index >= 15 is 0 Å². The van der Waals surface area contributed by atoms with Crippen molar-refractivity contribution in [3.8, 4) is 5.69 Å². The van der Waals surface area contributed by atoms with Crippen molar-refractivity contribution >= 4 is 0 Å². The highest BCUT2D eigenvalue weighted by Gasteiger charge is 2.02. The molecule has 0 spiro atoms. The average Bonchev–Trinajstić information content (AvgIpc) is 2.57. The first-order chi connectivity index (χ1) is 6.66. The van der Waals surface area contributed by atoms with Crippen molar-refractivity contribution in [2.75, 3.05) is 0 Å². The molecule has 0 atom stereocenters. The molecule has 0 aliphatic heterocycles. The lowest BCUT2D eigenvalue weighted by Crippen LogP contribution is -1.96. The van der Waals surface area contributed by atoms with Gasteiger partial charge < -0.3 is 0 Å².